The lowest BCUT2D eigenvalue weighted by Crippen LogP contribution is -2.23. The number of nitrogens with two attached hydrogens (primary N) is 1. The van der Waals surface area contributed by atoms with Crippen LogP contribution in [-0.4, -0.2) is 31.7 Å². The van der Waals surface area contributed by atoms with Crippen LogP contribution in [-0.2, 0) is 6.42 Å². The highest BCUT2D eigenvalue weighted by Gasteiger charge is 2.05. The van der Waals surface area contributed by atoms with E-state index >= 15 is 0 Å². The Morgan fingerprint density at radius 1 is 1.26 bits per heavy atom. The SMILES string of the molecule is COc1ccc(OC)c(NC(N)=NCCc2cccnc2)c1.I. The van der Waals surface area contributed by atoms with Gasteiger partial charge in [-0.1, -0.05) is 6.07 Å². The van der Waals surface area contributed by atoms with Gasteiger partial charge < -0.3 is 20.5 Å². The first kappa shape index (κ1) is 19.0. The molecule has 1 heterocycles. The van der Waals surface area contributed by atoms with E-state index in [1.165, 1.54) is 0 Å². The van der Waals surface area contributed by atoms with Gasteiger partial charge in [0.05, 0.1) is 19.9 Å². The molecule has 0 aliphatic heterocycles. The number of guanidine groups is 1. The molecule has 0 bridgehead atoms. The first-order valence-electron chi connectivity index (χ1n) is 6.91. The molecule has 0 unspecified atom stereocenters. The van der Waals surface area contributed by atoms with E-state index in [0.717, 1.165) is 12.0 Å². The highest BCUT2D eigenvalue weighted by atomic mass is 127. The van der Waals surface area contributed by atoms with Gasteiger partial charge in [0.1, 0.15) is 11.5 Å². The number of halogens is 1. The summed E-state index contributed by atoms with van der Waals surface area (Å²) >= 11 is 0. The van der Waals surface area contributed by atoms with Crippen LogP contribution in [0.1, 0.15) is 5.56 Å². The zero-order valence-corrected chi connectivity index (χ0v) is 15.5. The average Bonchev–Trinajstić information content (AvgIpc) is 2.55. The van der Waals surface area contributed by atoms with E-state index in [1.54, 1.807) is 20.4 Å². The van der Waals surface area contributed by atoms with Gasteiger partial charge in [0.25, 0.3) is 0 Å². The van der Waals surface area contributed by atoms with Crippen LogP contribution in [0.5, 0.6) is 11.5 Å². The molecule has 0 atom stereocenters. The van der Waals surface area contributed by atoms with Crippen LogP contribution < -0.4 is 20.5 Å². The average molecular weight is 428 g/mol. The molecule has 7 heteroatoms. The fourth-order valence-corrected chi connectivity index (χ4v) is 1.94. The number of benzene rings is 1. The summed E-state index contributed by atoms with van der Waals surface area (Å²) in [6, 6.07) is 9.35. The van der Waals surface area contributed by atoms with Gasteiger partial charge in [-0.2, -0.15) is 0 Å². The summed E-state index contributed by atoms with van der Waals surface area (Å²) in [7, 11) is 3.21. The van der Waals surface area contributed by atoms with E-state index in [2.05, 4.69) is 15.3 Å². The normalized spacial score (nSPS) is 10.6. The monoisotopic (exact) mass is 428 g/mol. The molecule has 6 nitrogen and oxygen atoms in total. The Balaban J connectivity index is 0.00000264. The molecular weight excluding hydrogens is 407 g/mol. The molecule has 0 saturated heterocycles. The maximum Gasteiger partial charge on any atom is 0.193 e. The van der Waals surface area contributed by atoms with E-state index in [1.807, 2.05) is 36.5 Å². The second-order valence-corrected chi connectivity index (χ2v) is 4.57. The van der Waals surface area contributed by atoms with Crippen molar-refractivity contribution in [2.45, 2.75) is 6.42 Å². The molecule has 0 aliphatic carbocycles. The van der Waals surface area contributed by atoms with Gasteiger partial charge in [0.15, 0.2) is 5.96 Å². The maximum atomic E-state index is 5.91. The number of aliphatic imine (C=N–C) groups is 1. The summed E-state index contributed by atoms with van der Waals surface area (Å²) in [5, 5.41) is 3.03. The van der Waals surface area contributed by atoms with Gasteiger partial charge in [-0.05, 0) is 30.2 Å². The minimum absolute atomic E-state index is 0. The van der Waals surface area contributed by atoms with Crippen LogP contribution in [0.15, 0.2) is 47.7 Å². The molecule has 0 spiro atoms. The third-order valence-electron chi connectivity index (χ3n) is 3.07. The molecule has 0 aliphatic rings. The number of nitrogens with one attached hydrogen (secondary N) is 1. The van der Waals surface area contributed by atoms with Crippen molar-refractivity contribution in [3.8, 4) is 11.5 Å². The lowest BCUT2D eigenvalue weighted by atomic mass is 10.2. The van der Waals surface area contributed by atoms with Gasteiger partial charge in [0, 0.05) is 25.0 Å². The van der Waals surface area contributed by atoms with Gasteiger partial charge in [-0.25, -0.2) is 0 Å². The number of pyridine rings is 1. The van der Waals surface area contributed by atoms with Gasteiger partial charge in [-0.15, -0.1) is 24.0 Å². The molecule has 0 amide bonds. The molecule has 2 aromatic rings. The fourth-order valence-electron chi connectivity index (χ4n) is 1.94. The number of anilines is 1. The van der Waals surface area contributed by atoms with E-state index in [-0.39, 0.29) is 24.0 Å². The molecule has 23 heavy (non-hydrogen) atoms. The van der Waals surface area contributed by atoms with Crippen molar-refractivity contribution in [3.63, 3.8) is 0 Å². The molecule has 0 radical (unpaired) electrons. The van der Waals surface area contributed by atoms with Crippen molar-refractivity contribution >= 4 is 35.6 Å². The number of rotatable bonds is 6. The maximum absolute atomic E-state index is 5.91. The summed E-state index contributed by atoms with van der Waals surface area (Å²) in [5.74, 6) is 1.72. The number of hydrogen-bond donors (Lipinski definition) is 2. The third kappa shape index (κ3) is 5.93. The standard InChI is InChI=1S/C16H20N4O2.HI/c1-21-13-5-6-15(22-2)14(10-13)20-16(17)19-9-7-12-4-3-8-18-11-12;/h3-6,8,10-11H,7,9H2,1-2H3,(H3,17,19,20);1H. The Morgan fingerprint density at radius 2 is 2.09 bits per heavy atom. The zero-order chi connectivity index (χ0) is 15.8. The van der Waals surface area contributed by atoms with Crippen LogP contribution in [0.4, 0.5) is 5.69 Å². The molecule has 1 aromatic heterocycles. The second-order valence-electron chi connectivity index (χ2n) is 4.57. The van der Waals surface area contributed by atoms with Crippen molar-refractivity contribution < 1.29 is 9.47 Å². The van der Waals surface area contributed by atoms with Crippen LogP contribution in [0.3, 0.4) is 0 Å². The van der Waals surface area contributed by atoms with Crippen molar-refractivity contribution in [2.24, 2.45) is 10.7 Å². The van der Waals surface area contributed by atoms with Crippen molar-refractivity contribution in [2.75, 3.05) is 26.1 Å². The first-order valence-corrected chi connectivity index (χ1v) is 6.91. The van der Waals surface area contributed by atoms with Gasteiger partial charge >= 0.3 is 0 Å². The number of nitrogens with zero attached hydrogens (tertiary/aromatic N) is 2. The smallest absolute Gasteiger partial charge is 0.193 e. The van der Waals surface area contributed by atoms with Crippen molar-refractivity contribution in [3.05, 3.63) is 48.3 Å². The summed E-state index contributed by atoms with van der Waals surface area (Å²) in [4.78, 5) is 8.37. The number of aromatic nitrogens is 1. The topological polar surface area (TPSA) is 81.8 Å². The highest BCUT2D eigenvalue weighted by molar-refractivity contribution is 14.0. The van der Waals surface area contributed by atoms with Crippen LogP contribution in [0.25, 0.3) is 0 Å². The number of ether oxygens (including phenoxy) is 2. The Bertz CT molecular complexity index is 635. The van der Waals surface area contributed by atoms with Crippen molar-refractivity contribution in [1.82, 2.24) is 4.98 Å². The van der Waals surface area contributed by atoms with E-state index < -0.39 is 0 Å². The lowest BCUT2D eigenvalue weighted by molar-refractivity contribution is 0.405. The first-order chi connectivity index (χ1) is 10.7. The molecule has 2 rings (SSSR count). The molecule has 124 valence electrons. The van der Waals surface area contributed by atoms with E-state index in [0.29, 0.717) is 29.7 Å². The highest BCUT2D eigenvalue weighted by Crippen LogP contribution is 2.28. The molecule has 0 fully saturated rings. The summed E-state index contributed by atoms with van der Waals surface area (Å²) in [6.07, 6.45) is 4.35. The van der Waals surface area contributed by atoms with Crippen LogP contribution >= 0.6 is 24.0 Å². The molecule has 0 saturated carbocycles. The Hall–Kier alpha value is -2.03. The predicted octanol–water partition coefficient (Wildman–Crippen LogP) is 2.69. The summed E-state index contributed by atoms with van der Waals surface area (Å²) in [5.41, 5.74) is 7.75. The minimum atomic E-state index is 0. The van der Waals surface area contributed by atoms with Crippen LogP contribution in [0, 0.1) is 0 Å². The third-order valence-corrected chi connectivity index (χ3v) is 3.07. The van der Waals surface area contributed by atoms with Crippen molar-refractivity contribution in [1.29, 1.82) is 0 Å². The van der Waals surface area contributed by atoms with Gasteiger partial charge in [-0.3, -0.25) is 9.98 Å². The quantitative estimate of drug-likeness (QED) is 0.420. The van der Waals surface area contributed by atoms with Crippen LogP contribution in [0.2, 0.25) is 0 Å². The predicted molar refractivity (Wildman–Crippen MR) is 103 cm³/mol. The Labute approximate surface area is 153 Å². The molecule has 3 N–H and O–H groups in total. The Morgan fingerprint density at radius 3 is 2.74 bits per heavy atom. The number of hydrogen-bond acceptors (Lipinski definition) is 4. The fraction of sp³-hybridized carbons (Fsp3) is 0.250. The van der Waals surface area contributed by atoms with E-state index in [9.17, 15) is 0 Å². The lowest BCUT2D eigenvalue weighted by Gasteiger charge is -2.12. The molecular formula is C16H21IN4O2. The summed E-state index contributed by atoms with van der Waals surface area (Å²) < 4.78 is 10.5. The zero-order valence-electron chi connectivity index (χ0n) is 13.2. The summed E-state index contributed by atoms with van der Waals surface area (Å²) in [6.45, 7) is 0.580. The molecule has 1 aromatic carbocycles. The number of methoxy groups -OCH3 is 2. The van der Waals surface area contributed by atoms with Gasteiger partial charge in [0.2, 0.25) is 0 Å². The largest absolute Gasteiger partial charge is 0.497 e. The second kappa shape index (κ2) is 9.88. The van der Waals surface area contributed by atoms with E-state index in [4.69, 9.17) is 15.2 Å². The minimum Gasteiger partial charge on any atom is -0.497 e. The Kier molecular flexibility index (Phi) is 8.17.